The van der Waals surface area contributed by atoms with Crippen molar-refractivity contribution in [3.05, 3.63) is 70.0 Å². The van der Waals surface area contributed by atoms with E-state index in [1.807, 2.05) is 31.2 Å². The van der Waals surface area contributed by atoms with Gasteiger partial charge in [-0.05, 0) is 18.6 Å². The third kappa shape index (κ3) is 3.52. The van der Waals surface area contributed by atoms with Gasteiger partial charge in [0, 0.05) is 23.3 Å². The van der Waals surface area contributed by atoms with Gasteiger partial charge < -0.3 is 5.11 Å². The molecule has 0 amide bonds. The number of hydrogen-bond donors (Lipinski definition) is 1. The standard InChI is InChI=1S/C17H15N3O3S/c1-11-18-15-8-3-2-7-14(15)17(19-11)24-10-16(21)12-5-4-6-13(9-12)20(22)23/h2-9,16,21H,10H2,1H3. The molecule has 1 N–H and O–H groups in total. The molecular formula is C17H15N3O3S. The molecule has 0 aliphatic carbocycles. The number of rotatable bonds is 5. The van der Waals surface area contributed by atoms with Crippen molar-refractivity contribution in [1.82, 2.24) is 9.97 Å². The Morgan fingerprint density at radius 3 is 2.79 bits per heavy atom. The summed E-state index contributed by atoms with van der Waals surface area (Å²) in [6, 6.07) is 13.8. The number of hydrogen-bond acceptors (Lipinski definition) is 6. The van der Waals surface area contributed by atoms with Crippen LogP contribution in [0.5, 0.6) is 0 Å². The molecule has 3 aromatic rings. The van der Waals surface area contributed by atoms with E-state index < -0.39 is 11.0 Å². The van der Waals surface area contributed by atoms with Crippen molar-refractivity contribution in [2.75, 3.05) is 5.75 Å². The molecule has 0 aliphatic rings. The molecule has 6 nitrogen and oxygen atoms in total. The molecule has 0 bridgehead atoms. The number of aliphatic hydroxyl groups excluding tert-OH is 1. The van der Waals surface area contributed by atoms with Crippen LogP contribution in [-0.4, -0.2) is 25.8 Å². The van der Waals surface area contributed by atoms with Gasteiger partial charge in [0.2, 0.25) is 0 Å². The highest BCUT2D eigenvalue weighted by Gasteiger charge is 2.14. The van der Waals surface area contributed by atoms with Crippen molar-refractivity contribution in [3.8, 4) is 0 Å². The van der Waals surface area contributed by atoms with Crippen LogP contribution in [0.3, 0.4) is 0 Å². The van der Waals surface area contributed by atoms with Gasteiger partial charge in [0.05, 0.1) is 16.5 Å². The first-order valence-corrected chi connectivity index (χ1v) is 8.32. The van der Waals surface area contributed by atoms with Crippen LogP contribution in [0.2, 0.25) is 0 Å². The van der Waals surface area contributed by atoms with Gasteiger partial charge >= 0.3 is 0 Å². The van der Waals surface area contributed by atoms with E-state index in [4.69, 9.17) is 0 Å². The Hall–Kier alpha value is -2.51. The van der Waals surface area contributed by atoms with Gasteiger partial charge in [0.25, 0.3) is 5.69 Å². The predicted molar refractivity (Wildman–Crippen MR) is 93.1 cm³/mol. The number of aromatic nitrogens is 2. The Morgan fingerprint density at radius 1 is 1.21 bits per heavy atom. The van der Waals surface area contributed by atoms with Gasteiger partial charge in [-0.15, -0.1) is 11.8 Å². The monoisotopic (exact) mass is 341 g/mol. The first-order valence-electron chi connectivity index (χ1n) is 7.33. The first-order chi connectivity index (χ1) is 11.5. The van der Waals surface area contributed by atoms with Gasteiger partial charge in [-0.1, -0.05) is 30.3 Å². The fourth-order valence-electron chi connectivity index (χ4n) is 2.37. The van der Waals surface area contributed by atoms with Crippen molar-refractivity contribution in [2.24, 2.45) is 0 Å². The van der Waals surface area contributed by atoms with E-state index in [-0.39, 0.29) is 5.69 Å². The summed E-state index contributed by atoms with van der Waals surface area (Å²) in [6.07, 6.45) is -0.816. The van der Waals surface area contributed by atoms with E-state index in [1.54, 1.807) is 12.1 Å². The topological polar surface area (TPSA) is 89.2 Å². The zero-order valence-electron chi connectivity index (χ0n) is 12.9. The molecule has 0 fully saturated rings. The molecule has 7 heteroatoms. The molecule has 1 heterocycles. The zero-order chi connectivity index (χ0) is 17.1. The molecule has 0 spiro atoms. The molecule has 122 valence electrons. The van der Waals surface area contributed by atoms with Gasteiger partial charge in [0.15, 0.2) is 0 Å². The normalized spacial score (nSPS) is 12.2. The average Bonchev–Trinajstić information content (AvgIpc) is 2.59. The fourth-order valence-corrected chi connectivity index (χ4v) is 3.40. The summed E-state index contributed by atoms with van der Waals surface area (Å²) in [5, 5.41) is 22.9. The van der Waals surface area contributed by atoms with Crippen LogP contribution in [0.1, 0.15) is 17.5 Å². The average molecular weight is 341 g/mol. The van der Waals surface area contributed by atoms with Crippen molar-refractivity contribution >= 4 is 28.4 Å². The summed E-state index contributed by atoms with van der Waals surface area (Å²) in [7, 11) is 0. The number of thioether (sulfide) groups is 1. The minimum atomic E-state index is -0.816. The Morgan fingerprint density at radius 2 is 2.00 bits per heavy atom. The summed E-state index contributed by atoms with van der Waals surface area (Å²) < 4.78 is 0. The molecule has 1 atom stereocenters. The number of nitrogens with zero attached hydrogens (tertiary/aromatic N) is 3. The number of fused-ring (bicyclic) bond motifs is 1. The lowest BCUT2D eigenvalue weighted by Crippen LogP contribution is -2.02. The largest absolute Gasteiger partial charge is 0.388 e. The second-order valence-corrected chi connectivity index (χ2v) is 6.28. The minimum Gasteiger partial charge on any atom is -0.388 e. The molecule has 1 unspecified atom stereocenters. The Labute approximate surface area is 142 Å². The van der Waals surface area contributed by atoms with Crippen LogP contribution in [0, 0.1) is 17.0 Å². The van der Waals surface area contributed by atoms with E-state index in [0.29, 0.717) is 17.1 Å². The summed E-state index contributed by atoms with van der Waals surface area (Å²) in [5.74, 6) is 1.02. The van der Waals surface area contributed by atoms with Gasteiger partial charge in [-0.3, -0.25) is 10.1 Å². The molecule has 0 saturated heterocycles. The van der Waals surface area contributed by atoms with E-state index in [0.717, 1.165) is 15.9 Å². The lowest BCUT2D eigenvalue weighted by molar-refractivity contribution is -0.385. The lowest BCUT2D eigenvalue weighted by Gasteiger charge is -2.11. The maximum atomic E-state index is 10.8. The number of aliphatic hydroxyl groups is 1. The summed E-state index contributed by atoms with van der Waals surface area (Å²) in [6.45, 7) is 1.83. The van der Waals surface area contributed by atoms with Crippen LogP contribution in [0.4, 0.5) is 5.69 Å². The van der Waals surface area contributed by atoms with Crippen LogP contribution >= 0.6 is 11.8 Å². The smallest absolute Gasteiger partial charge is 0.269 e. The maximum Gasteiger partial charge on any atom is 0.269 e. The maximum absolute atomic E-state index is 10.8. The van der Waals surface area contributed by atoms with Crippen LogP contribution in [-0.2, 0) is 0 Å². The molecule has 1 aromatic heterocycles. The molecule has 0 radical (unpaired) electrons. The number of aryl methyl sites for hydroxylation is 1. The van der Waals surface area contributed by atoms with Crippen molar-refractivity contribution < 1.29 is 10.0 Å². The molecule has 0 aliphatic heterocycles. The summed E-state index contributed by atoms with van der Waals surface area (Å²) in [5.41, 5.74) is 1.35. The Balaban J connectivity index is 1.81. The Bertz CT molecular complexity index is 901. The highest BCUT2D eigenvalue weighted by molar-refractivity contribution is 7.99. The minimum absolute atomic E-state index is 0.0279. The first kappa shape index (κ1) is 16.4. The number of nitro groups is 1. The molecule has 24 heavy (non-hydrogen) atoms. The van der Waals surface area contributed by atoms with E-state index in [2.05, 4.69) is 9.97 Å². The van der Waals surface area contributed by atoms with Crippen molar-refractivity contribution in [3.63, 3.8) is 0 Å². The van der Waals surface area contributed by atoms with E-state index in [1.165, 1.54) is 23.9 Å². The zero-order valence-corrected chi connectivity index (χ0v) is 13.7. The second kappa shape index (κ2) is 6.94. The van der Waals surface area contributed by atoms with Crippen LogP contribution < -0.4 is 0 Å². The van der Waals surface area contributed by atoms with Crippen molar-refractivity contribution in [2.45, 2.75) is 18.1 Å². The highest BCUT2D eigenvalue weighted by Crippen LogP contribution is 2.29. The summed E-state index contributed by atoms with van der Waals surface area (Å²) >= 11 is 1.41. The number of benzene rings is 2. The lowest BCUT2D eigenvalue weighted by atomic mass is 10.1. The van der Waals surface area contributed by atoms with Gasteiger partial charge in [-0.25, -0.2) is 9.97 Å². The quantitative estimate of drug-likeness (QED) is 0.330. The number of nitro benzene ring substituents is 1. The van der Waals surface area contributed by atoms with E-state index >= 15 is 0 Å². The van der Waals surface area contributed by atoms with E-state index in [9.17, 15) is 15.2 Å². The third-order valence-corrected chi connectivity index (χ3v) is 4.59. The van der Waals surface area contributed by atoms with Crippen molar-refractivity contribution in [1.29, 1.82) is 0 Å². The number of non-ortho nitro benzene ring substituents is 1. The van der Waals surface area contributed by atoms with Crippen LogP contribution in [0.15, 0.2) is 53.6 Å². The predicted octanol–water partition coefficient (Wildman–Crippen LogP) is 3.67. The fraction of sp³-hybridized carbons (Fsp3) is 0.176. The second-order valence-electron chi connectivity index (χ2n) is 5.27. The molecule has 0 saturated carbocycles. The van der Waals surface area contributed by atoms with Crippen LogP contribution in [0.25, 0.3) is 10.9 Å². The van der Waals surface area contributed by atoms with Gasteiger partial charge in [0.1, 0.15) is 10.9 Å². The molecule has 3 rings (SSSR count). The summed E-state index contributed by atoms with van der Waals surface area (Å²) in [4.78, 5) is 19.2. The number of para-hydroxylation sites is 1. The Kier molecular flexibility index (Phi) is 4.73. The molecular weight excluding hydrogens is 326 g/mol. The SMILES string of the molecule is Cc1nc(SCC(O)c2cccc([N+](=O)[O-])c2)c2ccccc2n1. The third-order valence-electron chi connectivity index (χ3n) is 3.52. The highest BCUT2D eigenvalue weighted by atomic mass is 32.2. The molecule has 2 aromatic carbocycles. The van der Waals surface area contributed by atoms with Gasteiger partial charge in [-0.2, -0.15) is 0 Å².